The van der Waals surface area contributed by atoms with E-state index >= 15 is 0 Å². The molecule has 168 valence electrons. The van der Waals surface area contributed by atoms with Crippen LogP contribution < -0.4 is 10.2 Å². The molecule has 1 atom stereocenters. The summed E-state index contributed by atoms with van der Waals surface area (Å²) in [6.45, 7) is 7.16. The van der Waals surface area contributed by atoms with E-state index in [-0.39, 0.29) is 45.8 Å². The summed E-state index contributed by atoms with van der Waals surface area (Å²) in [5.74, 6) is -0.261. The number of ether oxygens (including phenoxy) is 1. The van der Waals surface area contributed by atoms with Crippen LogP contribution in [0.1, 0.15) is 38.8 Å². The van der Waals surface area contributed by atoms with Gasteiger partial charge >= 0.3 is 0 Å². The molecule has 1 aliphatic rings. The van der Waals surface area contributed by atoms with Crippen LogP contribution in [0.5, 0.6) is 23.0 Å². The van der Waals surface area contributed by atoms with Crippen LogP contribution in [0.15, 0.2) is 45.3 Å². The van der Waals surface area contributed by atoms with Crippen molar-refractivity contribution in [3.05, 3.63) is 57.5 Å². The number of aliphatic hydroxyl groups is 1. The molecule has 1 aliphatic heterocycles. The maximum Gasteiger partial charge on any atom is 0.204 e. The highest BCUT2D eigenvalue weighted by Crippen LogP contribution is 2.46. The quantitative estimate of drug-likeness (QED) is 0.452. The molecule has 4 rings (SSSR count). The van der Waals surface area contributed by atoms with E-state index in [0.29, 0.717) is 23.3 Å². The first-order valence-corrected chi connectivity index (χ1v) is 10.4. The summed E-state index contributed by atoms with van der Waals surface area (Å²) in [6.07, 6.45) is 3.24. The summed E-state index contributed by atoms with van der Waals surface area (Å²) in [4.78, 5) is 13.5. The molecular formula is C25H26O7. The van der Waals surface area contributed by atoms with Crippen LogP contribution in [0.4, 0.5) is 0 Å². The number of fused-ring (bicyclic) bond motifs is 2. The van der Waals surface area contributed by atoms with Gasteiger partial charge in [-0.15, -0.1) is 0 Å². The molecule has 0 spiro atoms. The van der Waals surface area contributed by atoms with Gasteiger partial charge in [-0.2, -0.15) is 0 Å². The van der Waals surface area contributed by atoms with Crippen molar-refractivity contribution in [3.8, 4) is 34.1 Å². The van der Waals surface area contributed by atoms with E-state index < -0.39 is 17.1 Å². The first-order valence-electron chi connectivity index (χ1n) is 10.4. The lowest BCUT2D eigenvalue weighted by molar-refractivity contribution is -0.0232. The van der Waals surface area contributed by atoms with Gasteiger partial charge in [-0.3, -0.25) is 4.79 Å². The molecule has 0 radical (unpaired) electrons. The van der Waals surface area contributed by atoms with Crippen LogP contribution in [0, 0.1) is 0 Å². The highest BCUT2D eigenvalue weighted by Gasteiger charge is 2.39. The predicted molar refractivity (Wildman–Crippen MR) is 120 cm³/mol. The van der Waals surface area contributed by atoms with E-state index in [2.05, 4.69) is 0 Å². The molecule has 4 N–H and O–H groups in total. The molecule has 0 fully saturated rings. The molecule has 2 heterocycles. The van der Waals surface area contributed by atoms with Crippen LogP contribution in [-0.4, -0.2) is 32.1 Å². The lowest BCUT2D eigenvalue weighted by Crippen LogP contribution is -2.39. The Morgan fingerprint density at radius 2 is 1.91 bits per heavy atom. The number of rotatable bonds is 4. The van der Waals surface area contributed by atoms with E-state index in [1.54, 1.807) is 13.8 Å². The fourth-order valence-electron chi connectivity index (χ4n) is 3.97. The van der Waals surface area contributed by atoms with Gasteiger partial charge in [0.15, 0.2) is 0 Å². The molecule has 0 amide bonds. The van der Waals surface area contributed by atoms with Crippen molar-refractivity contribution in [2.24, 2.45) is 0 Å². The van der Waals surface area contributed by atoms with Gasteiger partial charge in [0, 0.05) is 29.2 Å². The molecule has 0 saturated heterocycles. The molecule has 0 aliphatic carbocycles. The smallest absolute Gasteiger partial charge is 0.204 e. The van der Waals surface area contributed by atoms with Gasteiger partial charge < -0.3 is 29.6 Å². The molecule has 7 nitrogen and oxygen atoms in total. The van der Waals surface area contributed by atoms with Crippen molar-refractivity contribution in [1.29, 1.82) is 0 Å². The Balaban J connectivity index is 2.01. The van der Waals surface area contributed by atoms with Crippen LogP contribution >= 0.6 is 0 Å². The van der Waals surface area contributed by atoms with Gasteiger partial charge in [0.2, 0.25) is 5.43 Å². The fraction of sp³-hybridized carbons (Fsp3) is 0.320. The zero-order valence-electron chi connectivity index (χ0n) is 18.4. The lowest BCUT2D eigenvalue weighted by Gasteiger charge is -2.24. The van der Waals surface area contributed by atoms with Crippen molar-refractivity contribution >= 4 is 11.0 Å². The zero-order valence-corrected chi connectivity index (χ0v) is 18.4. The molecule has 32 heavy (non-hydrogen) atoms. The van der Waals surface area contributed by atoms with Crippen molar-refractivity contribution in [2.75, 3.05) is 0 Å². The van der Waals surface area contributed by atoms with Gasteiger partial charge in [0.05, 0.1) is 11.2 Å². The number of benzene rings is 2. The number of hydrogen-bond acceptors (Lipinski definition) is 7. The largest absolute Gasteiger partial charge is 0.508 e. The summed E-state index contributed by atoms with van der Waals surface area (Å²) in [5, 5.41) is 41.3. The van der Waals surface area contributed by atoms with Crippen LogP contribution in [0.2, 0.25) is 0 Å². The van der Waals surface area contributed by atoms with Crippen LogP contribution in [-0.2, 0) is 12.8 Å². The highest BCUT2D eigenvalue weighted by molar-refractivity contribution is 5.93. The third kappa shape index (κ3) is 3.58. The molecule has 0 bridgehead atoms. The van der Waals surface area contributed by atoms with Gasteiger partial charge in [-0.25, -0.2) is 0 Å². The molecule has 3 aromatic rings. The second kappa shape index (κ2) is 7.60. The summed E-state index contributed by atoms with van der Waals surface area (Å²) < 4.78 is 11.9. The Morgan fingerprint density at radius 1 is 1.19 bits per heavy atom. The summed E-state index contributed by atoms with van der Waals surface area (Å²) in [6, 6.07) is 3.89. The first-order chi connectivity index (χ1) is 15.0. The molecular weight excluding hydrogens is 412 g/mol. The minimum atomic E-state index is -1.16. The second-order valence-corrected chi connectivity index (χ2v) is 8.97. The normalized spacial score (nSPS) is 15.5. The molecule has 1 aromatic heterocycles. The predicted octanol–water partition coefficient (Wildman–Crippen LogP) is 4.16. The number of hydrogen-bond donors (Lipinski definition) is 4. The maximum absolute atomic E-state index is 13.5. The van der Waals surface area contributed by atoms with E-state index in [9.17, 15) is 25.2 Å². The molecule has 0 saturated carbocycles. The van der Waals surface area contributed by atoms with Crippen molar-refractivity contribution in [1.82, 2.24) is 0 Å². The molecule has 7 heteroatoms. The van der Waals surface area contributed by atoms with Crippen LogP contribution in [0.3, 0.4) is 0 Å². The Labute approximate surface area is 184 Å². The van der Waals surface area contributed by atoms with E-state index in [4.69, 9.17) is 9.15 Å². The number of phenolic OH excluding ortho intramolecular Hbond substituents is 3. The summed E-state index contributed by atoms with van der Waals surface area (Å²) in [5.41, 5.74) is 0.864. The second-order valence-electron chi connectivity index (χ2n) is 8.97. The zero-order chi connectivity index (χ0) is 23.4. The average molecular weight is 438 g/mol. The summed E-state index contributed by atoms with van der Waals surface area (Å²) >= 11 is 0. The standard InChI is InChI=1S/C25H26O7/c1-12(2)5-7-15-23-16(10-19(32-23)25(3,4)30)21(28)20-22(29)17(11-31-24(15)20)14-8-6-13(26)9-18(14)27/h5-6,8-9,11,19,26-28,30H,7,10H2,1-4H3/t19-/m1/s1. The minimum Gasteiger partial charge on any atom is -0.508 e. The fourth-order valence-corrected chi connectivity index (χ4v) is 3.97. The molecule has 2 aromatic carbocycles. The van der Waals surface area contributed by atoms with E-state index in [1.165, 1.54) is 18.4 Å². The number of phenols is 3. The first kappa shape index (κ1) is 21.8. The highest BCUT2D eigenvalue weighted by atomic mass is 16.5. The van der Waals surface area contributed by atoms with Gasteiger partial charge in [0.25, 0.3) is 0 Å². The van der Waals surface area contributed by atoms with E-state index in [1.807, 2.05) is 19.9 Å². The Hall–Kier alpha value is -3.45. The lowest BCUT2D eigenvalue weighted by atomic mass is 9.93. The Kier molecular flexibility index (Phi) is 5.17. The minimum absolute atomic E-state index is 0.00845. The van der Waals surface area contributed by atoms with E-state index in [0.717, 1.165) is 11.6 Å². The summed E-state index contributed by atoms with van der Waals surface area (Å²) in [7, 11) is 0. The number of allylic oxidation sites excluding steroid dienone is 2. The van der Waals surface area contributed by atoms with Crippen LogP contribution in [0.25, 0.3) is 22.1 Å². The number of aromatic hydroxyl groups is 3. The monoisotopic (exact) mass is 438 g/mol. The van der Waals surface area contributed by atoms with Gasteiger partial charge in [-0.1, -0.05) is 11.6 Å². The maximum atomic E-state index is 13.5. The Morgan fingerprint density at radius 3 is 2.53 bits per heavy atom. The third-order valence-electron chi connectivity index (χ3n) is 5.76. The van der Waals surface area contributed by atoms with Crippen molar-refractivity contribution in [2.45, 2.75) is 52.2 Å². The SMILES string of the molecule is CC(C)=CCc1c2c(c(O)c3c(=O)c(-c4ccc(O)cc4O)coc13)C[C@H](C(C)(C)O)O2. The van der Waals surface area contributed by atoms with Crippen molar-refractivity contribution < 1.29 is 29.6 Å². The average Bonchev–Trinajstić information content (AvgIpc) is 3.14. The third-order valence-corrected chi connectivity index (χ3v) is 5.76. The molecule has 0 unspecified atom stereocenters. The Bertz CT molecular complexity index is 1300. The van der Waals surface area contributed by atoms with Crippen molar-refractivity contribution in [3.63, 3.8) is 0 Å². The van der Waals surface area contributed by atoms with Gasteiger partial charge in [0.1, 0.15) is 46.3 Å². The van der Waals surface area contributed by atoms with Gasteiger partial charge in [-0.05, 0) is 46.2 Å². The topological polar surface area (TPSA) is 120 Å².